The van der Waals surface area contributed by atoms with E-state index < -0.39 is 6.61 Å². The highest BCUT2D eigenvalue weighted by molar-refractivity contribution is 5.86. The molecule has 4 heteroatoms. The molecular formula is C24H28N2O2. The molecule has 2 aromatic carbocycles. The lowest BCUT2D eigenvalue weighted by atomic mass is 9.89. The molecule has 3 aromatic rings. The van der Waals surface area contributed by atoms with Gasteiger partial charge in [-0.2, -0.15) is 0 Å². The van der Waals surface area contributed by atoms with Gasteiger partial charge in [0.2, 0.25) is 0 Å². The average molecular weight is 377 g/mol. The second kappa shape index (κ2) is 10.1. The van der Waals surface area contributed by atoms with E-state index in [4.69, 9.17) is 0 Å². The lowest BCUT2D eigenvalue weighted by Crippen LogP contribution is -2.26. The lowest BCUT2D eigenvalue weighted by Gasteiger charge is -2.18. The van der Waals surface area contributed by atoms with Crippen molar-refractivity contribution in [2.24, 2.45) is 0 Å². The number of carbonyl (C=O) groups excluding carboxylic acids is 1. The van der Waals surface area contributed by atoms with Gasteiger partial charge in [-0.15, -0.1) is 0 Å². The van der Waals surface area contributed by atoms with Crippen LogP contribution in [0.15, 0.2) is 67.0 Å². The molecule has 0 saturated carbocycles. The Labute approximate surface area is 166 Å². The molecular weight excluding hydrogens is 348 g/mol. The fourth-order valence-corrected chi connectivity index (χ4v) is 3.57. The molecule has 28 heavy (non-hydrogen) atoms. The van der Waals surface area contributed by atoms with Gasteiger partial charge in [-0.1, -0.05) is 48.9 Å². The summed E-state index contributed by atoms with van der Waals surface area (Å²) in [7, 11) is 0. The number of carbonyl (C=O) groups is 1. The number of Topliss-reactive ketones (excluding diaryl/α,β-unsaturated/α-hetero) is 1. The van der Waals surface area contributed by atoms with Gasteiger partial charge in [0, 0.05) is 36.3 Å². The molecule has 0 bridgehead atoms. The number of ketones is 1. The Morgan fingerprint density at radius 3 is 2.68 bits per heavy atom. The number of aromatic nitrogens is 1. The van der Waals surface area contributed by atoms with E-state index in [9.17, 15) is 9.90 Å². The first kappa shape index (κ1) is 20.2. The van der Waals surface area contributed by atoms with Crippen molar-refractivity contribution in [3.63, 3.8) is 0 Å². The first-order valence-corrected chi connectivity index (χ1v) is 9.92. The van der Waals surface area contributed by atoms with E-state index in [0.29, 0.717) is 6.04 Å². The molecule has 0 radical (unpaired) electrons. The number of fused-ring (bicyclic) bond motifs is 1. The number of pyridine rings is 1. The van der Waals surface area contributed by atoms with Crippen LogP contribution in [0.1, 0.15) is 43.2 Å². The van der Waals surface area contributed by atoms with Crippen LogP contribution < -0.4 is 5.32 Å². The van der Waals surface area contributed by atoms with Crippen LogP contribution in [0.4, 0.5) is 0 Å². The maximum absolute atomic E-state index is 12.1. The van der Waals surface area contributed by atoms with Gasteiger partial charge in [-0.3, -0.25) is 9.78 Å². The zero-order valence-corrected chi connectivity index (χ0v) is 16.3. The summed E-state index contributed by atoms with van der Waals surface area (Å²) in [6, 6.07) is 18.6. The van der Waals surface area contributed by atoms with Crippen molar-refractivity contribution < 1.29 is 9.90 Å². The van der Waals surface area contributed by atoms with Crippen LogP contribution in [0, 0.1) is 0 Å². The number of hydrogen-bond donors (Lipinski definition) is 2. The average Bonchev–Trinajstić information content (AvgIpc) is 2.75. The number of nitrogens with zero attached hydrogens (tertiary/aromatic N) is 1. The molecule has 1 unspecified atom stereocenters. The van der Waals surface area contributed by atoms with E-state index >= 15 is 0 Å². The molecule has 0 aliphatic carbocycles. The summed E-state index contributed by atoms with van der Waals surface area (Å²) in [6.45, 7) is 2.60. The maximum Gasteiger partial charge on any atom is 0.165 e. The summed E-state index contributed by atoms with van der Waals surface area (Å²) in [4.78, 5) is 16.3. The number of aliphatic hydroxyl groups excluding tert-OH is 1. The van der Waals surface area contributed by atoms with E-state index in [1.807, 2.05) is 48.8 Å². The van der Waals surface area contributed by atoms with Crippen LogP contribution in [0.2, 0.25) is 0 Å². The molecule has 3 rings (SSSR count). The third-order valence-electron chi connectivity index (χ3n) is 5.24. The zero-order valence-electron chi connectivity index (χ0n) is 16.3. The number of hydrogen-bond acceptors (Lipinski definition) is 4. The minimum absolute atomic E-state index is 0.0996. The molecule has 0 spiro atoms. The van der Waals surface area contributed by atoms with Crippen LogP contribution in [0.5, 0.6) is 0 Å². The van der Waals surface area contributed by atoms with Crippen molar-refractivity contribution in [1.29, 1.82) is 0 Å². The van der Waals surface area contributed by atoms with Crippen molar-refractivity contribution in [3.8, 4) is 0 Å². The predicted octanol–water partition coefficient (Wildman–Crippen LogP) is 4.23. The standard InChI is InChI=1S/C24H28N2O2/c1-18(26-15-19-10-11-22-16-25-13-12-21(22)14-19)6-5-9-23(24(28)17-27)20-7-3-2-4-8-20/h2-4,7-8,10-14,16,18,23,26-27H,5-6,9,15,17H2,1H3/t18-,23?/m1/s1. The van der Waals surface area contributed by atoms with Crippen LogP contribution in [-0.2, 0) is 11.3 Å². The first-order chi connectivity index (χ1) is 13.7. The van der Waals surface area contributed by atoms with E-state index in [0.717, 1.165) is 36.8 Å². The molecule has 2 atom stereocenters. The van der Waals surface area contributed by atoms with E-state index in [1.54, 1.807) is 0 Å². The van der Waals surface area contributed by atoms with E-state index in [1.165, 1.54) is 10.9 Å². The second-order valence-corrected chi connectivity index (χ2v) is 7.36. The van der Waals surface area contributed by atoms with Gasteiger partial charge in [0.15, 0.2) is 5.78 Å². The highest BCUT2D eigenvalue weighted by atomic mass is 16.3. The highest BCUT2D eigenvalue weighted by Gasteiger charge is 2.19. The summed E-state index contributed by atoms with van der Waals surface area (Å²) in [5, 5.41) is 15.2. The van der Waals surface area contributed by atoms with Gasteiger partial charge in [0.1, 0.15) is 6.61 Å². The molecule has 4 nitrogen and oxygen atoms in total. The van der Waals surface area contributed by atoms with Crippen LogP contribution >= 0.6 is 0 Å². The summed E-state index contributed by atoms with van der Waals surface area (Å²) < 4.78 is 0. The zero-order chi connectivity index (χ0) is 19.8. The normalized spacial score (nSPS) is 13.4. The maximum atomic E-state index is 12.1. The Morgan fingerprint density at radius 1 is 1.07 bits per heavy atom. The topological polar surface area (TPSA) is 62.2 Å². The Kier molecular flexibility index (Phi) is 7.29. The van der Waals surface area contributed by atoms with Crippen molar-refractivity contribution >= 4 is 16.6 Å². The van der Waals surface area contributed by atoms with E-state index in [2.05, 4.69) is 35.4 Å². The molecule has 0 saturated heterocycles. The minimum Gasteiger partial charge on any atom is -0.389 e. The van der Waals surface area contributed by atoms with Gasteiger partial charge in [-0.05, 0) is 48.4 Å². The molecule has 1 aromatic heterocycles. The molecule has 0 amide bonds. The van der Waals surface area contributed by atoms with Crippen LogP contribution in [0.25, 0.3) is 10.8 Å². The smallest absolute Gasteiger partial charge is 0.165 e. The molecule has 146 valence electrons. The van der Waals surface area contributed by atoms with Crippen molar-refractivity contribution in [2.75, 3.05) is 6.61 Å². The van der Waals surface area contributed by atoms with Gasteiger partial charge in [0.25, 0.3) is 0 Å². The van der Waals surface area contributed by atoms with Gasteiger partial charge in [-0.25, -0.2) is 0 Å². The van der Waals surface area contributed by atoms with E-state index in [-0.39, 0.29) is 11.7 Å². The Bertz CT molecular complexity index is 895. The molecule has 1 heterocycles. The summed E-state index contributed by atoms with van der Waals surface area (Å²) in [6.07, 6.45) is 6.38. The molecule has 2 N–H and O–H groups in total. The quantitative estimate of drug-likeness (QED) is 0.556. The Balaban J connectivity index is 1.48. The van der Waals surface area contributed by atoms with Crippen LogP contribution in [-0.4, -0.2) is 28.5 Å². The third kappa shape index (κ3) is 5.47. The van der Waals surface area contributed by atoms with Gasteiger partial charge < -0.3 is 10.4 Å². The van der Waals surface area contributed by atoms with Crippen LogP contribution in [0.3, 0.4) is 0 Å². The largest absolute Gasteiger partial charge is 0.389 e. The fraction of sp³-hybridized carbons (Fsp3) is 0.333. The predicted molar refractivity (Wildman–Crippen MR) is 113 cm³/mol. The second-order valence-electron chi connectivity index (χ2n) is 7.36. The minimum atomic E-state index is -0.398. The summed E-state index contributed by atoms with van der Waals surface area (Å²) in [5.74, 6) is -0.315. The highest BCUT2D eigenvalue weighted by Crippen LogP contribution is 2.23. The van der Waals surface area contributed by atoms with Gasteiger partial charge in [0.05, 0.1) is 0 Å². The SMILES string of the molecule is C[C@H](CCCC(C(=O)CO)c1ccccc1)NCc1ccc2cnccc2c1. The number of aliphatic hydroxyl groups is 1. The summed E-state index contributed by atoms with van der Waals surface area (Å²) >= 11 is 0. The number of rotatable bonds is 10. The Morgan fingerprint density at radius 2 is 1.89 bits per heavy atom. The fourth-order valence-electron chi connectivity index (χ4n) is 3.57. The first-order valence-electron chi connectivity index (χ1n) is 9.92. The van der Waals surface area contributed by atoms with Crippen molar-refractivity contribution in [3.05, 3.63) is 78.1 Å². The molecule has 0 aliphatic rings. The molecule has 0 fully saturated rings. The van der Waals surface area contributed by atoms with Crippen molar-refractivity contribution in [1.82, 2.24) is 10.3 Å². The Hall–Kier alpha value is -2.56. The lowest BCUT2D eigenvalue weighted by molar-refractivity contribution is -0.123. The summed E-state index contributed by atoms with van der Waals surface area (Å²) in [5.41, 5.74) is 2.25. The molecule has 0 aliphatic heterocycles. The third-order valence-corrected chi connectivity index (χ3v) is 5.24. The number of benzene rings is 2. The van der Waals surface area contributed by atoms with Gasteiger partial charge >= 0.3 is 0 Å². The number of nitrogens with one attached hydrogen (secondary N) is 1. The van der Waals surface area contributed by atoms with Crippen molar-refractivity contribution in [2.45, 2.75) is 44.7 Å². The monoisotopic (exact) mass is 376 g/mol.